The molecule has 4 heteroatoms. The molecule has 0 unspecified atom stereocenters. The lowest BCUT2D eigenvalue weighted by molar-refractivity contribution is 0.844. The Morgan fingerprint density at radius 1 is 0.769 bits per heavy atom. The SMILES string of the molecule is CC(C)=C(C)C.N.N.NCCCN. The standard InChI is InChI=1S/C6H12.C3H10N2.2H3N/c1-5(2)6(3)4;4-2-1-3-5;;/h1-4H3;1-5H2;2*1H3. The van der Waals surface area contributed by atoms with Gasteiger partial charge in [0, 0.05) is 0 Å². The van der Waals surface area contributed by atoms with Crippen molar-refractivity contribution in [3.05, 3.63) is 11.1 Å². The van der Waals surface area contributed by atoms with E-state index >= 15 is 0 Å². The van der Waals surface area contributed by atoms with Crippen LogP contribution in [0.5, 0.6) is 0 Å². The number of hydrogen-bond donors (Lipinski definition) is 4. The predicted octanol–water partition coefficient (Wildman–Crippen LogP) is 1.98. The van der Waals surface area contributed by atoms with E-state index in [2.05, 4.69) is 27.7 Å². The lowest BCUT2D eigenvalue weighted by atomic mass is 10.2. The van der Waals surface area contributed by atoms with Gasteiger partial charge in [-0.1, -0.05) is 11.1 Å². The van der Waals surface area contributed by atoms with Crippen molar-refractivity contribution in [3.8, 4) is 0 Å². The van der Waals surface area contributed by atoms with Crippen LogP contribution in [0.4, 0.5) is 0 Å². The molecule has 84 valence electrons. The van der Waals surface area contributed by atoms with Gasteiger partial charge < -0.3 is 23.8 Å². The van der Waals surface area contributed by atoms with Gasteiger partial charge in [0.15, 0.2) is 0 Å². The summed E-state index contributed by atoms with van der Waals surface area (Å²) in [6.07, 6.45) is 0.944. The highest BCUT2D eigenvalue weighted by molar-refractivity contribution is 5.02. The lowest BCUT2D eigenvalue weighted by Gasteiger charge is -1.88. The molecule has 0 rings (SSSR count). The zero-order valence-corrected chi connectivity index (χ0v) is 9.69. The highest BCUT2D eigenvalue weighted by atomic mass is 14.6. The normalized spacial score (nSPS) is 6.92. The monoisotopic (exact) mass is 192 g/mol. The van der Waals surface area contributed by atoms with Crippen LogP contribution < -0.4 is 23.8 Å². The van der Waals surface area contributed by atoms with Crippen molar-refractivity contribution in [2.75, 3.05) is 13.1 Å². The van der Waals surface area contributed by atoms with E-state index in [9.17, 15) is 0 Å². The molecule has 0 fully saturated rings. The molecule has 0 heterocycles. The molecule has 10 N–H and O–H groups in total. The lowest BCUT2D eigenvalue weighted by Crippen LogP contribution is -2.06. The van der Waals surface area contributed by atoms with Gasteiger partial charge in [-0.15, -0.1) is 0 Å². The highest BCUT2D eigenvalue weighted by Crippen LogP contribution is 1.96. The molecule has 0 aliphatic heterocycles. The van der Waals surface area contributed by atoms with Crippen LogP contribution in [-0.4, -0.2) is 13.1 Å². The van der Waals surface area contributed by atoms with Crippen LogP contribution in [0.2, 0.25) is 0 Å². The minimum Gasteiger partial charge on any atom is -0.344 e. The van der Waals surface area contributed by atoms with Gasteiger partial charge in [-0.25, -0.2) is 0 Å². The maximum atomic E-state index is 5.06. The minimum absolute atomic E-state index is 0. The maximum Gasteiger partial charge on any atom is -0.00653 e. The molecule has 0 aliphatic carbocycles. The van der Waals surface area contributed by atoms with Crippen molar-refractivity contribution < 1.29 is 0 Å². The van der Waals surface area contributed by atoms with Crippen molar-refractivity contribution in [2.45, 2.75) is 34.1 Å². The third kappa shape index (κ3) is 34.1. The molecule has 13 heavy (non-hydrogen) atoms. The highest BCUT2D eigenvalue weighted by Gasteiger charge is 1.75. The summed E-state index contributed by atoms with van der Waals surface area (Å²) in [5.41, 5.74) is 13.0. The predicted molar refractivity (Wildman–Crippen MR) is 62.5 cm³/mol. The molecule has 0 aromatic rings. The van der Waals surface area contributed by atoms with Crippen LogP contribution in [0.1, 0.15) is 34.1 Å². The molecule has 0 aliphatic rings. The van der Waals surface area contributed by atoms with E-state index in [1.54, 1.807) is 0 Å². The summed E-state index contributed by atoms with van der Waals surface area (Å²) in [5.74, 6) is 0. The maximum absolute atomic E-state index is 5.06. The number of rotatable bonds is 2. The number of hydrogen-bond acceptors (Lipinski definition) is 4. The Balaban J connectivity index is -0.0000000546. The van der Waals surface area contributed by atoms with Gasteiger partial charge in [0.1, 0.15) is 0 Å². The van der Waals surface area contributed by atoms with Gasteiger partial charge in [-0.3, -0.25) is 0 Å². The molecule has 0 saturated heterocycles. The summed E-state index contributed by atoms with van der Waals surface area (Å²) in [6.45, 7) is 9.92. The van der Waals surface area contributed by atoms with Crippen LogP contribution in [-0.2, 0) is 0 Å². The minimum atomic E-state index is 0. The van der Waals surface area contributed by atoms with Crippen LogP contribution in [0, 0.1) is 0 Å². The molecular formula is C9H28N4. The van der Waals surface area contributed by atoms with Gasteiger partial charge in [0.2, 0.25) is 0 Å². The van der Waals surface area contributed by atoms with E-state index in [-0.39, 0.29) is 12.3 Å². The number of nitrogens with two attached hydrogens (primary N) is 2. The molecule has 0 atom stereocenters. The second-order valence-corrected chi connectivity index (χ2v) is 2.93. The summed E-state index contributed by atoms with van der Waals surface area (Å²) >= 11 is 0. The van der Waals surface area contributed by atoms with E-state index in [0.717, 1.165) is 19.5 Å². The Bertz CT molecular complexity index is 90.2. The van der Waals surface area contributed by atoms with Crippen LogP contribution in [0.3, 0.4) is 0 Å². The Hall–Kier alpha value is -0.420. The average molecular weight is 192 g/mol. The summed E-state index contributed by atoms with van der Waals surface area (Å²) < 4.78 is 0. The van der Waals surface area contributed by atoms with E-state index in [1.165, 1.54) is 11.1 Å². The fraction of sp³-hybridized carbons (Fsp3) is 0.778. The van der Waals surface area contributed by atoms with Crippen molar-refractivity contribution in [1.82, 2.24) is 12.3 Å². The molecule has 0 radical (unpaired) electrons. The quantitative estimate of drug-likeness (QED) is 0.499. The van der Waals surface area contributed by atoms with E-state index < -0.39 is 0 Å². The van der Waals surface area contributed by atoms with Gasteiger partial charge in [-0.05, 0) is 47.2 Å². The molecule has 0 amide bonds. The molecule has 0 spiro atoms. The molecule has 0 aromatic carbocycles. The van der Waals surface area contributed by atoms with Crippen LogP contribution in [0.15, 0.2) is 11.1 Å². The number of allylic oxidation sites excluding steroid dienone is 2. The fourth-order valence-corrected chi connectivity index (χ4v) is 0.118. The second-order valence-electron chi connectivity index (χ2n) is 2.93. The summed E-state index contributed by atoms with van der Waals surface area (Å²) in [4.78, 5) is 0. The first-order valence-corrected chi connectivity index (χ1v) is 4.07. The zero-order valence-electron chi connectivity index (χ0n) is 9.69. The molecule has 4 nitrogen and oxygen atoms in total. The Morgan fingerprint density at radius 2 is 1.00 bits per heavy atom. The first-order chi connectivity index (χ1) is 5.06. The Kier molecular flexibility index (Phi) is 31.0. The zero-order chi connectivity index (χ0) is 9.28. The Labute approximate surface area is 82.9 Å². The first kappa shape index (κ1) is 22.9. The summed E-state index contributed by atoms with van der Waals surface area (Å²) in [7, 11) is 0. The molecule has 0 bridgehead atoms. The van der Waals surface area contributed by atoms with Gasteiger partial charge in [-0.2, -0.15) is 0 Å². The van der Waals surface area contributed by atoms with Gasteiger partial charge >= 0.3 is 0 Å². The van der Waals surface area contributed by atoms with Crippen molar-refractivity contribution in [1.29, 1.82) is 0 Å². The van der Waals surface area contributed by atoms with E-state index in [1.807, 2.05) is 0 Å². The molecular weight excluding hydrogens is 164 g/mol. The van der Waals surface area contributed by atoms with Crippen LogP contribution in [0.25, 0.3) is 0 Å². The molecule has 0 saturated carbocycles. The largest absolute Gasteiger partial charge is 0.344 e. The smallest absolute Gasteiger partial charge is 0.00653 e. The molecule has 0 aromatic heterocycles. The summed E-state index contributed by atoms with van der Waals surface area (Å²) in [6, 6.07) is 0. The third-order valence-electron chi connectivity index (χ3n) is 1.41. The topological polar surface area (TPSA) is 122 Å². The van der Waals surface area contributed by atoms with Crippen molar-refractivity contribution in [2.24, 2.45) is 11.5 Å². The van der Waals surface area contributed by atoms with E-state index in [4.69, 9.17) is 11.5 Å². The van der Waals surface area contributed by atoms with Crippen molar-refractivity contribution >= 4 is 0 Å². The summed E-state index contributed by atoms with van der Waals surface area (Å²) in [5, 5.41) is 0. The van der Waals surface area contributed by atoms with E-state index in [0.29, 0.717) is 0 Å². The Morgan fingerprint density at radius 3 is 1.00 bits per heavy atom. The third-order valence-corrected chi connectivity index (χ3v) is 1.41. The first-order valence-electron chi connectivity index (χ1n) is 4.07. The second kappa shape index (κ2) is 17.6. The van der Waals surface area contributed by atoms with Crippen molar-refractivity contribution in [3.63, 3.8) is 0 Å². The van der Waals surface area contributed by atoms with Gasteiger partial charge in [0.25, 0.3) is 0 Å². The average Bonchev–Trinajstić information content (AvgIpc) is 1.90. The fourth-order valence-electron chi connectivity index (χ4n) is 0.118. The van der Waals surface area contributed by atoms with Gasteiger partial charge in [0.05, 0.1) is 0 Å². The van der Waals surface area contributed by atoms with Crippen LogP contribution >= 0.6 is 0 Å².